The van der Waals surface area contributed by atoms with Crippen LogP contribution in [0.25, 0.3) is 0 Å². The Bertz CT molecular complexity index is 554. The summed E-state index contributed by atoms with van der Waals surface area (Å²) in [5, 5.41) is 3.14. The summed E-state index contributed by atoms with van der Waals surface area (Å²) in [6, 6.07) is 0.195. The predicted octanol–water partition coefficient (Wildman–Crippen LogP) is 1.29. The summed E-state index contributed by atoms with van der Waals surface area (Å²) in [6.07, 6.45) is 7.36. The molecule has 9 heteroatoms. The minimum Gasteiger partial charge on any atom is -0.379 e. The van der Waals surface area contributed by atoms with Crippen LogP contribution in [-0.4, -0.2) is 97.1 Å². The van der Waals surface area contributed by atoms with Gasteiger partial charge in [-0.15, -0.1) is 24.8 Å². The van der Waals surface area contributed by atoms with Crippen LogP contribution in [0.2, 0.25) is 0 Å². The molecule has 0 aromatic heterocycles. The highest BCUT2D eigenvalue weighted by atomic mass is 35.5. The number of halogens is 2. The van der Waals surface area contributed by atoms with Crippen LogP contribution in [0.15, 0.2) is 0 Å². The Kier molecular flexibility index (Phi) is 9.48. The number of morpholine rings is 1. The van der Waals surface area contributed by atoms with Crippen molar-refractivity contribution in [2.24, 2.45) is 0 Å². The van der Waals surface area contributed by atoms with Crippen LogP contribution in [0.5, 0.6) is 0 Å². The van der Waals surface area contributed by atoms with Crippen molar-refractivity contribution in [1.29, 1.82) is 0 Å². The highest BCUT2D eigenvalue weighted by molar-refractivity contribution is 5.85. The molecule has 1 N–H and O–H groups in total. The van der Waals surface area contributed by atoms with Gasteiger partial charge in [-0.1, -0.05) is 12.8 Å². The molecule has 1 atom stereocenters. The predicted molar refractivity (Wildman–Crippen MR) is 117 cm³/mol. The summed E-state index contributed by atoms with van der Waals surface area (Å²) in [6.45, 7) is 7.08. The highest BCUT2D eigenvalue weighted by Crippen LogP contribution is 2.39. The topological polar surface area (TPSA) is 65.1 Å². The van der Waals surface area contributed by atoms with Crippen LogP contribution in [0.3, 0.4) is 0 Å². The lowest BCUT2D eigenvalue weighted by atomic mass is 9.89. The summed E-state index contributed by atoms with van der Waals surface area (Å²) in [4.78, 5) is 32.1. The van der Waals surface area contributed by atoms with E-state index in [9.17, 15) is 9.59 Å². The van der Waals surface area contributed by atoms with Gasteiger partial charge in [0, 0.05) is 57.3 Å². The first-order chi connectivity index (χ1) is 13.2. The highest BCUT2D eigenvalue weighted by Gasteiger charge is 2.43. The van der Waals surface area contributed by atoms with E-state index < -0.39 is 0 Å². The largest absolute Gasteiger partial charge is 0.379 e. The van der Waals surface area contributed by atoms with Crippen molar-refractivity contribution >= 4 is 36.6 Å². The summed E-state index contributed by atoms with van der Waals surface area (Å²) < 4.78 is 5.54. The number of amides is 2. The van der Waals surface area contributed by atoms with E-state index in [4.69, 9.17) is 4.74 Å². The Labute approximate surface area is 186 Å². The monoisotopic (exact) mass is 450 g/mol. The minimum absolute atomic E-state index is 0. The first kappa shape index (κ1) is 24.7. The molecule has 29 heavy (non-hydrogen) atoms. The fourth-order valence-electron chi connectivity index (χ4n) is 5.51. The maximum absolute atomic E-state index is 13.3. The molecule has 168 valence electrons. The van der Waals surface area contributed by atoms with Crippen molar-refractivity contribution in [1.82, 2.24) is 20.0 Å². The maximum Gasteiger partial charge on any atom is 0.236 e. The lowest BCUT2D eigenvalue weighted by molar-refractivity contribution is -0.142. The van der Waals surface area contributed by atoms with Gasteiger partial charge in [0.2, 0.25) is 11.8 Å². The third-order valence-electron chi connectivity index (χ3n) is 7.01. The number of hydrogen-bond donors (Lipinski definition) is 1. The van der Waals surface area contributed by atoms with Crippen molar-refractivity contribution in [2.45, 2.75) is 56.5 Å². The number of piperidine rings is 1. The molecule has 1 saturated carbocycles. The molecule has 0 aromatic rings. The van der Waals surface area contributed by atoms with Gasteiger partial charge in [-0.05, 0) is 25.7 Å². The lowest BCUT2D eigenvalue weighted by Crippen LogP contribution is -2.59. The number of piperazine rings is 1. The van der Waals surface area contributed by atoms with Crippen molar-refractivity contribution in [2.75, 3.05) is 59.0 Å². The van der Waals surface area contributed by atoms with Gasteiger partial charge in [0.25, 0.3) is 0 Å². The minimum atomic E-state index is 0. The molecule has 0 radical (unpaired) electrons. The van der Waals surface area contributed by atoms with E-state index >= 15 is 0 Å². The second kappa shape index (κ2) is 11.1. The standard InChI is InChI=1S/C20H34N4O3.2ClH/c25-18(14-20(5-1-2-6-20)23-10-12-27-13-11-23)22-8-3-4-17(16-22)24-9-7-21-15-19(24)26;;/h17,21H,1-16H2;2*1H. The van der Waals surface area contributed by atoms with E-state index in [-0.39, 0.29) is 48.2 Å². The van der Waals surface area contributed by atoms with Crippen molar-refractivity contribution in [3.8, 4) is 0 Å². The molecule has 3 heterocycles. The zero-order valence-electron chi connectivity index (χ0n) is 17.3. The first-order valence-electron chi connectivity index (χ1n) is 10.8. The number of nitrogens with one attached hydrogen (secondary N) is 1. The Balaban J connectivity index is 0.00000150. The SMILES string of the molecule is Cl.Cl.O=C(CC1(N2CCOCC2)CCCC1)N1CCCC(N2CCNCC2=O)C1. The molecule has 4 fully saturated rings. The third-order valence-corrected chi connectivity index (χ3v) is 7.01. The number of nitrogens with zero attached hydrogens (tertiary/aromatic N) is 3. The molecule has 1 unspecified atom stereocenters. The van der Waals surface area contributed by atoms with Crippen LogP contribution in [0.1, 0.15) is 44.9 Å². The summed E-state index contributed by atoms with van der Waals surface area (Å²) >= 11 is 0. The molecule has 7 nitrogen and oxygen atoms in total. The number of carbonyl (C=O) groups excluding carboxylic acids is 2. The third kappa shape index (κ3) is 5.56. The molecule has 0 aromatic carbocycles. The normalized spacial score (nSPS) is 27.9. The number of rotatable bonds is 4. The summed E-state index contributed by atoms with van der Waals surface area (Å²) in [7, 11) is 0. The fraction of sp³-hybridized carbons (Fsp3) is 0.900. The van der Waals surface area contributed by atoms with Crippen molar-refractivity contribution < 1.29 is 14.3 Å². The van der Waals surface area contributed by atoms with Crippen molar-refractivity contribution in [3.05, 3.63) is 0 Å². The molecule has 0 spiro atoms. The van der Waals surface area contributed by atoms with Crippen LogP contribution < -0.4 is 5.32 Å². The average molecular weight is 451 g/mol. The van der Waals surface area contributed by atoms with Crippen molar-refractivity contribution in [3.63, 3.8) is 0 Å². The Morgan fingerprint density at radius 1 is 1.07 bits per heavy atom. The van der Waals surface area contributed by atoms with Gasteiger partial charge in [0.05, 0.1) is 19.8 Å². The first-order valence-corrected chi connectivity index (χ1v) is 10.8. The molecule has 4 rings (SSSR count). The van der Waals surface area contributed by atoms with Crippen LogP contribution in [-0.2, 0) is 14.3 Å². The maximum atomic E-state index is 13.3. The van der Waals surface area contributed by atoms with E-state index in [0.29, 0.717) is 19.5 Å². The quantitative estimate of drug-likeness (QED) is 0.698. The van der Waals surface area contributed by atoms with Gasteiger partial charge in [0.15, 0.2) is 0 Å². The van der Waals surface area contributed by atoms with E-state index in [1.807, 2.05) is 9.80 Å². The molecule has 1 aliphatic carbocycles. The Morgan fingerprint density at radius 2 is 1.79 bits per heavy atom. The number of likely N-dealkylation sites (tertiary alicyclic amines) is 1. The van der Waals surface area contributed by atoms with Gasteiger partial charge in [0.1, 0.15) is 0 Å². The van der Waals surface area contributed by atoms with E-state index in [2.05, 4.69) is 10.2 Å². The molecule has 3 saturated heterocycles. The molecule has 0 bridgehead atoms. The second-order valence-corrected chi connectivity index (χ2v) is 8.61. The summed E-state index contributed by atoms with van der Waals surface area (Å²) in [5.41, 5.74) is 0.0403. The second-order valence-electron chi connectivity index (χ2n) is 8.61. The van der Waals surface area contributed by atoms with Gasteiger partial charge >= 0.3 is 0 Å². The number of carbonyl (C=O) groups is 2. The van der Waals surface area contributed by atoms with Gasteiger partial charge in [-0.3, -0.25) is 14.5 Å². The Morgan fingerprint density at radius 3 is 2.48 bits per heavy atom. The van der Waals surface area contributed by atoms with Crippen LogP contribution in [0, 0.1) is 0 Å². The van der Waals surface area contributed by atoms with E-state index in [1.54, 1.807) is 0 Å². The number of hydrogen-bond acceptors (Lipinski definition) is 5. The van der Waals surface area contributed by atoms with Crippen LogP contribution in [0.4, 0.5) is 0 Å². The zero-order chi connectivity index (χ0) is 18.7. The number of ether oxygens (including phenoxy) is 1. The Hall–Kier alpha value is -0.600. The van der Waals surface area contributed by atoms with Gasteiger partial charge in [-0.25, -0.2) is 0 Å². The van der Waals surface area contributed by atoms with Gasteiger partial charge in [-0.2, -0.15) is 0 Å². The fourth-order valence-corrected chi connectivity index (χ4v) is 5.51. The van der Waals surface area contributed by atoms with Crippen LogP contribution >= 0.6 is 24.8 Å². The molecular formula is C20H36Cl2N4O3. The average Bonchev–Trinajstić information content (AvgIpc) is 3.19. The lowest BCUT2D eigenvalue weighted by Gasteiger charge is -2.45. The summed E-state index contributed by atoms with van der Waals surface area (Å²) in [5.74, 6) is 0.469. The molecular weight excluding hydrogens is 415 g/mol. The molecule has 4 aliphatic rings. The van der Waals surface area contributed by atoms with E-state index in [0.717, 1.165) is 71.6 Å². The van der Waals surface area contributed by atoms with Gasteiger partial charge < -0.3 is 19.9 Å². The zero-order valence-corrected chi connectivity index (χ0v) is 18.9. The van der Waals surface area contributed by atoms with E-state index in [1.165, 1.54) is 12.8 Å². The molecule has 2 amide bonds. The smallest absolute Gasteiger partial charge is 0.236 e. The molecule has 3 aliphatic heterocycles.